The maximum Gasteiger partial charge on any atom is 0.255 e. The van der Waals surface area contributed by atoms with Crippen LogP contribution in [0.4, 0.5) is 10.1 Å². The van der Waals surface area contributed by atoms with Crippen LogP contribution in [0.5, 0.6) is 0 Å². The highest BCUT2D eigenvalue weighted by Crippen LogP contribution is 2.24. The molecule has 3 heteroatoms. The first-order valence-corrected chi connectivity index (χ1v) is 6.70. The second kappa shape index (κ2) is 5.37. The van der Waals surface area contributed by atoms with Crippen molar-refractivity contribution >= 4 is 22.4 Å². The monoisotopic (exact) mass is 279 g/mol. The number of anilines is 1. The maximum absolute atomic E-state index is 13.1. The molecular formula is C18H14FNO. The molecule has 3 rings (SSSR count). The normalized spacial score (nSPS) is 10.6. The molecule has 2 nitrogen and oxygen atoms in total. The van der Waals surface area contributed by atoms with Gasteiger partial charge in [0, 0.05) is 16.6 Å². The van der Waals surface area contributed by atoms with Gasteiger partial charge in [0.25, 0.3) is 5.91 Å². The van der Waals surface area contributed by atoms with E-state index in [-0.39, 0.29) is 11.7 Å². The van der Waals surface area contributed by atoms with Crippen molar-refractivity contribution in [2.75, 3.05) is 5.32 Å². The number of amides is 1. The zero-order valence-electron chi connectivity index (χ0n) is 11.6. The predicted molar refractivity (Wildman–Crippen MR) is 83.0 cm³/mol. The quantitative estimate of drug-likeness (QED) is 0.733. The molecule has 1 amide bonds. The number of rotatable bonds is 2. The molecule has 1 N–H and O–H groups in total. The van der Waals surface area contributed by atoms with Crippen LogP contribution < -0.4 is 5.32 Å². The van der Waals surface area contributed by atoms with E-state index < -0.39 is 0 Å². The molecular weight excluding hydrogens is 265 g/mol. The molecule has 0 aliphatic heterocycles. The highest BCUT2D eigenvalue weighted by atomic mass is 19.1. The van der Waals surface area contributed by atoms with Gasteiger partial charge in [-0.2, -0.15) is 0 Å². The van der Waals surface area contributed by atoms with E-state index in [1.54, 1.807) is 6.92 Å². The van der Waals surface area contributed by atoms with Crippen molar-refractivity contribution in [2.45, 2.75) is 6.92 Å². The lowest BCUT2D eigenvalue weighted by atomic mass is 10.1. The largest absolute Gasteiger partial charge is 0.321 e. The first kappa shape index (κ1) is 13.3. The highest BCUT2D eigenvalue weighted by molar-refractivity contribution is 6.09. The fraction of sp³-hybridized carbons (Fsp3) is 0.0556. The van der Waals surface area contributed by atoms with Crippen LogP contribution in [-0.4, -0.2) is 5.91 Å². The molecule has 0 fully saturated rings. The Balaban J connectivity index is 1.97. The molecule has 3 aromatic rings. The van der Waals surface area contributed by atoms with Gasteiger partial charge in [-0.15, -0.1) is 0 Å². The van der Waals surface area contributed by atoms with Gasteiger partial charge < -0.3 is 5.32 Å². The molecule has 0 heterocycles. The van der Waals surface area contributed by atoms with Gasteiger partial charge in [-0.3, -0.25) is 4.79 Å². The van der Waals surface area contributed by atoms with Crippen molar-refractivity contribution in [1.29, 1.82) is 0 Å². The third kappa shape index (κ3) is 2.63. The van der Waals surface area contributed by atoms with Gasteiger partial charge in [0.15, 0.2) is 0 Å². The van der Waals surface area contributed by atoms with Crippen LogP contribution >= 0.6 is 0 Å². The van der Waals surface area contributed by atoms with Gasteiger partial charge in [-0.25, -0.2) is 4.39 Å². The summed E-state index contributed by atoms with van der Waals surface area (Å²) in [6.07, 6.45) is 0. The molecule has 3 aromatic carbocycles. The van der Waals surface area contributed by atoms with Crippen LogP contribution in [0.15, 0.2) is 60.7 Å². The number of fused-ring (bicyclic) bond motifs is 1. The predicted octanol–water partition coefficient (Wildman–Crippen LogP) is 4.54. The summed E-state index contributed by atoms with van der Waals surface area (Å²) in [4.78, 5) is 12.4. The van der Waals surface area contributed by atoms with E-state index in [4.69, 9.17) is 0 Å². The van der Waals surface area contributed by atoms with Crippen LogP contribution in [0.2, 0.25) is 0 Å². The van der Waals surface area contributed by atoms with Crippen molar-refractivity contribution in [1.82, 2.24) is 0 Å². The van der Waals surface area contributed by atoms with E-state index >= 15 is 0 Å². The number of halogens is 1. The third-order valence-electron chi connectivity index (χ3n) is 3.47. The molecule has 104 valence electrons. The number of carbonyl (C=O) groups excluding carboxylic acids is 1. The first-order chi connectivity index (χ1) is 10.1. The van der Waals surface area contributed by atoms with Gasteiger partial charge >= 0.3 is 0 Å². The fourth-order valence-electron chi connectivity index (χ4n) is 2.41. The van der Waals surface area contributed by atoms with Gasteiger partial charge in [-0.05, 0) is 42.1 Å². The maximum atomic E-state index is 13.1. The van der Waals surface area contributed by atoms with E-state index in [0.29, 0.717) is 11.1 Å². The fourth-order valence-corrected chi connectivity index (χ4v) is 2.41. The van der Waals surface area contributed by atoms with Crippen LogP contribution in [0.1, 0.15) is 15.9 Å². The van der Waals surface area contributed by atoms with Crippen LogP contribution in [0.3, 0.4) is 0 Å². The summed E-state index contributed by atoms with van der Waals surface area (Å²) < 4.78 is 13.1. The lowest BCUT2D eigenvalue weighted by Gasteiger charge is -2.10. The van der Waals surface area contributed by atoms with E-state index in [0.717, 1.165) is 16.5 Å². The zero-order chi connectivity index (χ0) is 14.8. The van der Waals surface area contributed by atoms with Gasteiger partial charge in [0.2, 0.25) is 0 Å². The summed E-state index contributed by atoms with van der Waals surface area (Å²) in [5.74, 6) is -0.571. The minimum Gasteiger partial charge on any atom is -0.321 e. The Bertz CT molecular complexity index is 821. The second-order valence-corrected chi connectivity index (χ2v) is 4.94. The van der Waals surface area contributed by atoms with Gasteiger partial charge in [0.05, 0.1) is 0 Å². The van der Waals surface area contributed by atoms with Crippen molar-refractivity contribution in [3.05, 3.63) is 77.6 Å². The molecule has 0 saturated heterocycles. The van der Waals surface area contributed by atoms with E-state index in [2.05, 4.69) is 5.32 Å². The number of aryl methyl sites for hydroxylation is 1. The number of benzene rings is 3. The van der Waals surface area contributed by atoms with E-state index in [1.807, 2.05) is 42.5 Å². The Morgan fingerprint density at radius 1 is 1.00 bits per heavy atom. The number of hydrogen-bond acceptors (Lipinski definition) is 1. The SMILES string of the molecule is Cc1cc(F)ccc1C(=O)Nc1cccc2ccccc12. The van der Waals surface area contributed by atoms with Crippen LogP contribution in [0.25, 0.3) is 10.8 Å². The molecule has 0 radical (unpaired) electrons. The van der Waals surface area contributed by atoms with Gasteiger partial charge in [-0.1, -0.05) is 36.4 Å². The summed E-state index contributed by atoms with van der Waals surface area (Å²) in [7, 11) is 0. The number of carbonyl (C=O) groups is 1. The first-order valence-electron chi connectivity index (χ1n) is 6.70. The third-order valence-corrected chi connectivity index (χ3v) is 3.47. The van der Waals surface area contributed by atoms with Crippen LogP contribution in [-0.2, 0) is 0 Å². The van der Waals surface area contributed by atoms with Crippen molar-refractivity contribution in [3.8, 4) is 0 Å². The van der Waals surface area contributed by atoms with Crippen molar-refractivity contribution in [2.24, 2.45) is 0 Å². The van der Waals surface area contributed by atoms with Crippen molar-refractivity contribution in [3.63, 3.8) is 0 Å². The standard InChI is InChI=1S/C18H14FNO/c1-12-11-14(19)9-10-15(12)18(21)20-17-8-4-6-13-5-2-3-7-16(13)17/h2-11H,1H3,(H,20,21). The summed E-state index contributed by atoms with van der Waals surface area (Å²) in [6, 6.07) is 17.8. The molecule has 0 unspecified atom stereocenters. The summed E-state index contributed by atoms with van der Waals surface area (Å²) in [5.41, 5.74) is 1.85. The molecule has 0 atom stereocenters. The Morgan fingerprint density at radius 2 is 1.76 bits per heavy atom. The summed E-state index contributed by atoms with van der Waals surface area (Å²) >= 11 is 0. The molecule has 21 heavy (non-hydrogen) atoms. The molecule has 0 bridgehead atoms. The van der Waals surface area contributed by atoms with E-state index in [9.17, 15) is 9.18 Å². The highest BCUT2D eigenvalue weighted by Gasteiger charge is 2.11. The molecule has 0 aromatic heterocycles. The molecule has 0 aliphatic carbocycles. The summed E-state index contributed by atoms with van der Waals surface area (Å²) in [5, 5.41) is 4.94. The Hall–Kier alpha value is -2.68. The number of nitrogens with one attached hydrogen (secondary N) is 1. The average Bonchev–Trinajstić information content (AvgIpc) is 2.47. The van der Waals surface area contributed by atoms with Gasteiger partial charge in [0.1, 0.15) is 5.82 Å². The van der Waals surface area contributed by atoms with Crippen molar-refractivity contribution < 1.29 is 9.18 Å². The van der Waals surface area contributed by atoms with Crippen LogP contribution in [0, 0.1) is 12.7 Å². The minimum absolute atomic E-state index is 0.233. The molecule has 0 spiro atoms. The topological polar surface area (TPSA) is 29.1 Å². The molecule has 0 aliphatic rings. The Labute approximate surface area is 122 Å². The average molecular weight is 279 g/mol. The minimum atomic E-state index is -0.339. The molecule has 0 saturated carbocycles. The van der Waals surface area contributed by atoms with E-state index in [1.165, 1.54) is 18.2 Å². The summed E-state index contributed by atoms with van der Waals surface area (Å²) in [6.45, 7) is 1.72. The second-order valence-electron chi connectivity index (χ2n) is 4.94. The number of hydrogen-bond donors (Lipinski definition) is 1. The smallest absolute Gasteiger partial charge is 0.255 e. The zero-order valence-corrected chi connectivity index (χ0v) is 11.6. The Morgan fingerprint density at radius 3 is 2.57 bits per heavy atom. The lowest BCUT2D eigenvalue weighted by molar-refractivity contribution is 0.102. The lowest BCUT2D eigenvalue weighted by Crippen LogP contribution is -2.13. The Kier molecular flexibility index (Phi) is 3.40.